The van der Waals surface area contributed by atoms with E-state index in [9.17, 15) is 14.9 Å². The molecule has 0 heterocycles. The first-order valence-electron chi connectivity index (χ1n) is 4.24. The van der Waals surface area contributed by atoms with Gasteiger partial charge < -0.3 is 10.5 Å². The highest BCUT2D eigenvalue weighted by atomic mass is 35.5. The lowest BCUT2D eigenvalue weighted by Crippen LogP contribution is -2.23. The molecule has 1 atom stereocenters. The number of ether oxygens (including phenoxy) is 1. The predicted molar refractivity (Wildman–Crippen MR) is 57.1 cm³/mol. The quantitative estimate of drug-likeness (QED) is 0.493. The van der Waals surface area contributed by atoms with Crippen LogP contribution in [0.1, 0.15) is 11.6 Å². The van der Waals surface area contributed by atoms with Crippen molar-refractivity contribution in [3.8, 4) is 0 Å². The van der Waals surface area contributed by atoms with Gasteiger partial charge in [-0.25, -0.2) is 0 Å². The van der Waals surface area contributed by atoms with Crippen LogP contribution in [0.3, 0.4) is 0 Å². The van der Waals surface area contributed by atoms with Gasteiger partial charge in [-0.15, -0.1) is 0 Å². The van der Waals surface area contributed by atoms with Crippen molar-refractivity contribution >= 4 is 23.3 Å². The molecule has 1 unspecified atom stereocenters. The molecule has 1 aromatic carbocycles. The van der Waals surface area contributed by atoms with Gasteiger partial charge in [0.2, 0.25) is 0 Å². The molecule has 0 bridgehead atoms. The Morgan fingerprint density at radius 1 is 1.62 bits per heavy atom. The summed E-state index contributed by atoms with van der Waals surface area (Å²) < 4.78 is 4.43. The highest BCUT2D eigenvalue weighted by Gasteiger charge is 2.21. The van der Waals surface area contributed by atoms with E-state index >= 15 is 0 Å². The van der Waals surface area contributed by atoms with Crippen LogP contribution in [-0.2, 0) is 9.53 Å². The number of nitrogens with two attached hydrogens (primary N) is 1. The Hall–Kier alpha value is -1.66. The second-order valence-corrected chi connectivity index (χ2v) is 3.37. The molecule has 0 spiro atoms. The third-order valence-corrected chi connectivity index (χ3v) is 2.32. The Morgan fingerprint density at radius 3 is 2.75 bits per heavy atom. The average Bonchev–Trinajstić information content (AvgIpc) is 2.27. The first kappa shape index (κ1) is 12.4. The van der Waals surface area contributed by atoms with Crippen molar-refractivity contribution in [2.45, 2.75) is 6.04 Å². The Balaban J connectivity index is 3.16. The minimum Gasteiger partial charge on any atom is -0.468 e. The first-order valence-corrected chi connectivity index (χ1v) is 4.62. The van der Waals surface area contributed by atoms with Crippen LogP contribution in [0.4, 0.5) is 5.69 Å². The SMILES string of the molecule is COC(=O)C(N)c1cc([N+](=O)[O-])ccc1Cl. The maximum absolute atomic E-state index is 11.2. The minimum atomic E-state index is -1.13. The van der Waals surface area contributed by atoms with Gasteiger partial charge in [0.1, 0.15) is 6.04 Å². The third-order valence-electron chi connectivity index (χ3n) is 1.98. The van der Waals surface area contributed by atoms with Gasteiger partial charge >= 0.3 is 5.97 Å². The molecule has 86 valence electrons. The normalized spacial score (nSPS) is 11.9. The number of benzene rings is 1. The maximum Gasteiger partial charge on any atom is 0.327 e. The van der Waals surface area contributed by atoms with E-state index in [-0.39, 0.29) is 16.3 Å². The topological polar surface area (TPSA) is 95.5 Å². The smallest absolute Gasteiger partial charge is 0.327 e. The molecule has 16 heavy (non-hydrogen) atoms. The fourth-order valence-corrected chi connectivity index (χ4v) is 1.37. The van der Waals surface area contributed by atoms with Gasteiger partial charge in [0.15, 0.2) is 0 Å². The Labute approximate surface area is 96.1 Å². The zero-order chi connectivity index (χ0) is 12.3. The number of nitrogens with zero attached hydrogens (tertiary/aromatic N) is 1. The first-order chi connectivity index (χ1) is 7.47. The van der Waals surface area contributed by atoms with E-state index in [1.165, 1.54) is 19.2 Å². The summed E-state index contributed by atoms with van der Waals surface area (Å²) in [5.41, 5.74) is 5.52. The molecule has 0 aliphatic carbocycles. The van der Waals surface area contributed by atoms with Crippen LogP contribution in [-0.4, -0.2) is 18.0 Å². The maximum atomic E-state index is 11.2. The van der Waals surface area contributed by atoms with Gasteiger partial charge in [0.05, 0.1) is 12.0 Å². The van der Waals surface area contributed by atoms with Crippen molar-refractivity contribution in [1.82, 2.24) is 0 Å². The summed E-state index contributed by atoms with van der Waals surface area (Å²) in [7, 11) is 1.17. The summed E-state index contributed by atoms with van der Waals surface area (Å²) in [5.74, 6) is -0.706. The number of nitro benzene ring substituents is 1. The Bertz CT molecular complexity index is 436. The standard InChI is InChI=1S/C9H9ClN2O4/c1-16-9(13)8(11)6-4-5(12(14)15)2-3-7(6)10/h2-4,8H,11H2,1H3. The van der Waals surface area contributed by atoms with Crippen molar-refractivity contribution < 1.29 is 14.5 Å². The molecule has 0 saturated heterocycles. The Kier molecular flexibility index (Phi) is 3.81. The average molecular weight is 245 g/mol. The van der Waals surface area contributed by atoms with Crippen molar-refractivity contribution in [2.75, 3.05) is 7.11 Å². The molecule has 0 saturated carbocycles. The van der Waals surface area contributed by atoms with Crippen LogP contribution in [0.25, 0.3) is 0 Å². The molecule has 0 fully saturated rings. The number of esters is 1. The lowest BCUT2D eigenvalue weighted by atomic mass is 10.1. The number of carbonyl (C=O) groups excluding carboxylic acids is 1. The lowest BCUT2D eigenvalue weighted by Gasteiger charge is -2.10. The fraction of sp³-hybridized carbons (Fsp3) is 0.222. The largest absolute Gasteiger partial charge is 0.468 e. The van der Waals surface area contributed by atoms with E-state index < -0.39 is 16.9 Å². The van der Waals surface area contributed by atoms with Gasteiger partial charge in [0.25, 0.3) is 5.69 Å². The fourth-order valence-electron chi connectivity index (χ4n) is 1.14. The highest BCUT2D eigenvalue weighted by molar-refractivity contribution is 6.31. The zero-order valence-electron chi connectivity index (χ0n) is 8.34. The van der Waals surface area contributed by atoms with Crippen molar-refractivity contribution in [1.29, 1.82) is 0 Å². The third kappa shape index (κ3) is 2.47. The summed E-state index contributed by atoms with van der Waals surface area (Å²) >= 11 is 5.79. The van der Waals surface area contributed by atoms with Gasteiger partial charge in [-0.3, -0.25) is 14.9 Å². The molecular formula is C9H9ClN2O4. The molecule has 0 aromatic heterocycles. The van der Waals surface area contributed by atoms with Crippen LogP contribution in [0.2, 0.25) is 5.02 Å². The molecule has 7 heteroatoms. The van der Waals surface area contributed by atoms with E-state index in [0.29, 0.717) is 0 Å². The Morgan fingerprint density at radius 2 is 2.25 bits per heavy atom. The molecule has 0 amide bonds. The number of non-ortho nitro benzene ring substituents is 1. The van der Waals surface area contributed by atoms with Crippen LogP contribution >= 0.6 is 11.6 Å². The highest BCUT2D eigenvalue weighted by Crippen LogP contribution is 2.26. The molecule has 1 aromatic rings. The molecule has 0 aliphatic heterocycles. The molecule has 2 N–H and O–H groups in total. The summed E-state index contributed by atoms with van der Waals surface area (Å²) in [6, 6.07) is 2.58. The van der Waals surface area contributed by atoms with E-state index in [1.807, 2.05) is 0 Å². The minimum absolute atomic E-state index is 0.169. The lowest BCUT2D eigenvalue weighted by molar-refractivity contribution is -0.384. The number of methoxy groups -OCH3 is 1. The summed E-state index contributed by atoms with van der Waals surface area (Å²) in [6.07, 6.45) is 0. The number of nitro groups is 1. The van der Waals surface area contributed by atoms with E-state index in [2.05, 4.69) is 4.74 Å². The molecule has 6 nitrogen and oxygen atoms in total. The zero-order valence-corrected chi connectivity index (χ0v) is 9.10. The van der Waals surface area contributed by atoms with Crippen molar-refractivity contribution in [3.63, 3.8) is 0 Å². The summed E-state index contributed by atoms with van der Waals surface area (Å²) in [5, 5.41) is 10.7. The molecule has 0 aliphatic rings. The predicted octanol–water partition coefficient (Wildman–Crippen LogP) is 1.42. The van der Waals surface area contributed by atoms with Crippen molar-refractivity contribution in [2.24, 2.45) is 5.73 Å². The molecule has 0 radical (unpaired) electrons. The van der Waals surface area contributed by atoms with Gasteiger partial charge in [-0.1, -0.05) is 11.6 Å². The number of halogens is 1. The summed E-state index contributed by atoms with van der Waals surface area (Å²) in [4.78, 5) is 21.1. The second-order valence-electron chi connectivity index (χ2n) is 2.96. The van der Waals surface area contributed by atoms with Gasteiger partial charge in [0, 0.05) is 22.7 Å². The number of carbonyl (C=O) groups is 1. The van der Waals surface area contributed by atoms with Crippen LogP contribution in [0.15, 0.2) is 18.2 Å². The van der Waals surface area contributed by atoms with Crippen LogP contribution < -0.4 is 5.73 Å². The number of hydrogen-bond donors (Lipinski definition) is 1. The van der Waals surface area contributed by atoms with E-state index in [0.717, 1.165) is 6.07 Å². The number of hydrogen-bond acceptors (Lipinski definition) is 5. The summed E-state index contributed by atoms with van der Waals surface area (Å²) in [6.45, 7) is 0. The number of rotatable bonds is 3. The van der Waals surface area contributed by atoms with Crippen LogP contribution in [0, 0.1) is 10.1 Å². The second kappa shape index (κ2) is 4.91. The van der Waals surface area contributed by atoms with Gasteiger partial charge in [-0.2, -0.15) is 0 Å². The monoisotopic (exact) mass is 244 g/mol. The van der Waals surface area contributed by atoms with Crippen LogP contribution in [0.5, 0.6) is 0 Å². The van der Waals surface area contributed by atoms with E-state index in [4.69, 9.17) is 17.3 Å². The molecule has 1 rings (SSSR count). The van der Waals surface area contributed by atoms with Gasteiger partial charge in [-0.05, 0) is 6.07 Å². The molecular weight excluding hydrogens is 236 g/mol. The van der Waals surface area contributed by atoms with E-state index in [1.54, 1.807) is 0 Å². The van der Waals surface area contributed by atoms with Crippen molar-refractivity contribution in [3.05, 3.63) is 38.9 Å².